The molecule has 46 heavy (non-hydrogen) atoms. The Morgan fingerprint density at radius 3 is 1.59 bits per heavy atom. The van der Waals surface area contributed by atoms with Crippen LogP contribution in [0.15, 0.2) is 152 Å². The Labute approximate surface area is 270 Å². The molecule has 0 radical (unpaired) electrons. The maximum absolute atomic E-state index is 6.86. The number of fused-ring (bicyclic) bond motifs is 1. The Morgan fingerprint density at radius 2 is 1.00 bits per heavy atom. The van der Waals surface area contributed by atoms with Crippen LogP contribution < -0.4 is 0 Å². The van der Waals surface area contributed by atoms with Crippen molar-refractivity contribution in [3.05, 3.63) is 180 Å². The molecular formula is C41H39NO4. The summed E-state index contributed by atoms with van der Waals surface area (Å²) in [6.07, 6.45) is 0.763. The van der Waals surface area contributed by atoms with Gasteiger partial charge >= 0.3 is 0 Å². The van der Waals surface area contributed by atoms with Gasteiger partial charge in [0.05, 0.1) is 26.4 Å². The van der Waals surface area contributed by atoms with Crippen molar-refractivity contribution in [3.63, 3.8) is 0 Å². The number of aromatic nitrogens is 1. The molecule has 6 aromatic rings. The monoisotopic (exact) mass is 609 g/mol. The third-order valence-electron chi connectivity index (χ3n) is 8.63. The number of nitrogens with zero attached hydrogens (tertiary/aromatic N) is 1. The van der Waals surface area contributed by atoms with Crippen molar-refractivity contribution in [1.82, 2.24) is 4.57 Å². The highest BCUT2D eigenvalue weighted by Gasteiger charge is 2.44. The molecule has 0 spiro atoms. The molecule has 1 aromatic heterocycles. The van der Waals surface area contributed by atoms with Gasteiger partial charge in [0.2, 0.25) is 0 Å². The smallest absolute Gasteiger partial charge is 0.117 e. The van der Waals surface area contributed by atoms with E-state index in [1.54, 1.807) is 0 Å². The van der Waals surface area contributed by atoms with Crippen LogP contribution in [0.5, 0.6) is 0 Å². The van der Waals surface area contributed by atoms with Crippen molar-refractivity contribution in [2.75, 3.05) is 6.61 Å². The molecule has 1 aliphatic rings. The molecule has 0 unspecified atom stereocenters. The molecule has 1 saturated heterocycles. The summed E-state index contributed by atoms with van der Waals surface area (Å²) in [5.74, 6) is 0. The highest BCUT2D eigenvalue weighted by Crippen LogP contribution is 2.39. The average Bonchev–Trinajstić information content (AvgIpc) is 3.48. The van der Waals surface area contributed by atoms with E-state index in [4.69, 9.17) is 18.9 Å². The van der Waals surface area contributed by atoms with Crippen LogP contribution in [-0.4, -0.2) is 29.5 Å². The lowest BCUT2D eigenvalue weighted by atomic mass is 9.93. The van der Waals surface area contributed by atoms with E-state index < -0.39 is 6.10 Å². The van der Waals surface area contributed by atoms with Crippen molar-refractivity contribution in [2.24, 2.45) is 0 Å². The summed E-state index contributed by atoms with van der Waals surface area (Å²) in [7, 11) is 0. The van der Waals surface area contributed by atoms with E-state index in [1.165, 1.54) is 5.56 Å². The molecule has 0 saturated carbocycles. The first-order valence-corrected chi connectivity index (χ1v) is 16.0. The van der Waals surface area contributed by atoms with Gasteiger partial charge in [0.15, 0.2) is 0 Å². The standard InChI is InChI=1S/C41H39NO4/c1-5-15-31(16-6-1)25-42-26-36(35-23-13-14-24-37(35)42)39-41(45-29-34-21-11-4-12-22-34)40(44-28-33-19-9-3-10-20-33)38(30-46-39)43-27-32-17-7-2-8-18-32/h1-24,26,38-41H,25,27-30H2/t38-,39+,40+,41+/m1/s1. The van der Waals surface area contributed by atoms with Crippen LogP contribution in [0.2, 0.25) is 0 Å². The Hall–Kier alpha value is -4.52. The number of benzene rings is 5. The van der Waals surface area contributed by atoms with E-state index in [1.807, 2.05) is 54.6 Å². The summed E-state index contributed by atoms with van der Waals surface area (Å²) >= 11 is 0. The first kappa shape index (κ1) is 30.2. The van der Waals surface area contributed by atoms with Gasteiger partial charge in [0, 0.05) is 29.2 Å². The predicted molar refractivity (Wildman–Crippen MR) is 181 cm³/mol. The van der Waals surface area contributed by atoms with Gasteiger partial charge in [-0.05, 0) is 28.3 Å². The molecule has 0 amide bonds. The van der Waals surface area contributed by atoms with Gasteiger partial charge in [-0.2, -0.15) is 0 Å². The predicted octanol–water partition coefficient (Wildman–Crippen LogP) is 8.52. The summed E-state index contributed by atoms with van der Waals surface area (Å²) in [6.45, 7) is 2.50. The molecule has 1 fully saturated rings. The second-order valence-electron chi connectivity index (χ2n) is 11.8. The molecule has 232 valence electrons. The summed E-state index contributed by atoms with van der Waals surface area (Å²) in [4.78, 5) is 0. The minimum Gasteiger partial charge on any atom is -0.368 e. The maximum atomic E-state index is 6.86. The van der Waals surface area contributed by atoms with Crippen molar-refractivity contribution in [3.8, 4) is 0 Å². The average molecular weight is 610 g/mol. The molecule has 0 aliphatic carbocycles. The topological polar surface area (TPSA) is 41.9 Å². The van der Waals surface area contributed by atoms with E-state index >= 15 is 0 Å². The molecule has 2 heterocycles. The molecule has 0 bridgehead atoms. The quantitative estimate of drug-likeness (QED) is 0.140. The highest BCUT2D eigenvalue weighted by atomic mass is 16.6. The zero-order valence-electron chi connectivity index (χ0n) is 25.9. The third-order valence-corrected chi connectivity index (χ3v) is 8.63. The fraction of sp³-hybridized carbons (Fsp3) is 0.220. The zero-order chi connectivity index (χ0) is 31.0. The van der Waals surface area contributed by atoms with E-state index in [0.717, 1.165) is 39.7 Å². The molecule has 7 rings (SSSR count). The van der Waals surface area contributed by atoms with Crippen molar-refractivity contribution >= 4 is 10.9 Å². The summed E-state index contributed by atoms with van der Waals surface area (Å²) in [5.41, 5.74) is 6.82. The Morgan fingerprint density at radius 1 is 0.522 bits per heavy atom. The van der Waals surface area contributed by atoms with E-state index in [9.17, 15) is 0 Å². The molecule has 5 heteroatoms. The molecule has 0 N–H and O–H groups in total. The van der Waals surface area contributed by atoms with E-state index in [2.05, 4.69) is 102 Å². The lowest BCUT2D eigenvalue weighted by molar-refractivity contribution is -0.240. The number of rotatable bonds is 12. The van der Waals surface area contributed by atoms with Crippen LogP contribution >= 0.6 is 0 Å². The Bertz CT molecular complexity index is 1790. The van der Waals surface area contributed by atoms with Gasteiger partial charge < -0.3 is 23.5 Å². The molecule has 5 nitrogen and oxygen atoms in total. The first-order valence-electron chi connectivity index (χ1n) is 16.0. The van der Waals surface area contributed by atoms with E-state index in [-0.39, 0.29) is 18.3 Å². The second-order valence-corrected chi connectivity index (χ2v) is 11.8. The van der Waals surface area contributed by atoms with Crippen LogP contribution in [0.25, 0.3) is 10.9 Å². The number of hydrogen-bond donors (Lipinski definition) is 0. The van der Waals surface area contributed by atoms with Crippen LogP contribution in [0.4, 0.5) is 0 Å². The highest BCUT2D eigenvalue weighted by molar-refractivity contribution is 5.84. The van der Waals surface area contributed by atoms with Crippen LogP contribution in [0.3, 0.4) is 0 Å². The number of para-hydroxylation sites is 1. The summed E-state index contributed by atoms with van der Waals surface area (Å²) in [6, 6.07) is 49.9. The maximum Gasteiger partial charge on any atom is 0.117 e. The molecular weight excluding hydrogens is 570 g/mol. The largest absolute Gasteiger partial charge is 0.368 e. The minimum absolute atomic E-state index is 0.321. The van der Waals surface area contributed by atoms with Crippen LogP contribution in [0, 0.1) is 0 Å². The van der Waals surface area contributed by atoms with Gasteiger partial charge in [-0.15, -0.1) is 0 Å². The van der Waals surface area contributed by atoms with Gasteiger partial charge in [-0.1, -0.05) is 140 Å². The first-order chi connectivity index (χ1) is 22.8. The normalized spacial score (nSPS) is 19.7. The number of hydrogen-bond acceptors (Lipinski definition) is 4. The molecule has 4 atom stereocenters. The fourth-order valence-electron chi connectivity index (χ4n) is 6.29. The summed E-state index contributed by atoms with van der Waals surface area (Å²) < 4.78 is 29.3. The molecule has 1 aliphatic heterocycles. The van der Waals surface area contributed by atoms with Crippen LogP contribution in [0.1, 0.15) is 33.9 Å². The zero-order valence-corrected chi connectivity index (χ0v) is 25.9. The Kier molecular flexibility index (Phi) is 9.65. The summed E-state index contributed by atoms with van der Waals surface area (Å²) in [5, 5.41) is 1.15. The van der Waals surface area contributed by atoms with E-state index in [0.29, 0.717) is 26.4 Å². The third kappa shape index (κ3) is 7.14. The van der Waals surface area contributed by atoms with Crippen LogP contribution in [-0.2, 0) is 45.3 Å². The van der Waals surface area contributed by atoms with Crippen molar-refractivity contribution in [1.29, 1.82) is 0 Å². The van der Waals surface area contributed by atoms with Crippen molar-refractivity contribution in [2.45, 2.75) is 50.8 Å². The van der Waals surface area contributed by atoms with Gasteiger partial charge in [-0.25, -0.2) is 0 Å². The minimum atomic E-state index is -0.422. The second kappa shape index (κ2) is 14.7. The Balaban J connectivity index is 1.24. The van der Waals surface area contributed by atoms with Gasteiger partial charge in [0.25, 0.3) is 0 Å². The van der Waals surface area contributed by atoms with Gasteiger partial charge in [0.1, 0.15) is 24.4 Å². The van der Waals surface area contributed by atoms with Crippen molar-refractivity contribution < 1.29 is 18.9 Å². The lowest BCUT2D eigenvalue weighted by Crippen LogP contribution is -2.52. The van der Waals surface area contributed by atoms with Gasteiger partial charge in [-0.3, -0.25) is 0 Å². The molecule has 5 aromatic carbocycles. The SMILES string of the molecule is c1ccc(CO[C@@H]2[C@@H](OCc3ccccc3)[C@H](c3cn(Cc4ccccc4)c4ccccc34)OC[C@H]2OCc2ccccc2)cc1. The lowest BCUT2D eigenvalue weighted by Gasteiger charge is -2.42. The number of ether oxygens (including phenoxy) is 4. The fourth-order valence-corrected chi connectivity index (χ4v) is 6.29.